The molecule has 1 saturated carbocycles. The van der Waals surface area contributed by atoms with E-state index in [1.165, 1.54) is 12.8 Å². The first kappa shape index (κ1) is 22.7. The molecular formula is C18H30IN5OS2. The lowest BCUT2D eigenvalue weighted by atomic mass is 10.1. The van der Waals surface area contributed by atoms with Crippen LogP contribution in [0.2, 0.25) is 0 Å². The molecule has 1 aromatic heterocycles. The van der Waals surface area contributed by atoms with Crippen LogP contribution in [0.3, 0.4) is 0 Å². The number of thiazole rings is 1. The van der Waals surface area contributed by atoms with Crippen LogP contribution in [0.5, 0.6) is 0 Å². The molecule has 1 aliphatic carbocycles. The normalized spacial score (nSPS) is 20.6. The van der Waals surface area contributed by atoms with E-state index in [2.05, 4.69) is 20.6 Å². The molecule has 2 heterocycles. The Labute approximate surface area is 187 Å². The zero-order valence-corrected chi connectivity index (χ0v) is 19.8. The topological polar surface area (TPSA) is 69.6 Å². The number of carbonyl (C=O) groups is 1. The lowest BCUT2D eigenvalue weighted by molar-refractivity contribution is -0.134. The number of rotatable bonds is 7. The third kappa shape index (κ3) is 7.08. The number of likely N-dealkylation sites (tertiary alicyclic amines) is 1. The van der Waals surface area contributed by atoms with Gasteiger partial charge in [0.15, 0.2) is 5.96 Å². The van der Waals surface area contributed by atoms with Crippen molar-refractivity contribution >= 4 is 58.9 Å². The smallest absolute Gasteiger partial charge is 0.225 e. The van der Waals surface area contributed by atoms with Gasteiger partial charge in [0.1, 0.15) is 4.34 Å². The average Bonchev–Trinajstić information content (AvgIpc) is 3.42. The number of halogens is 1. The maximum Gasteiger partial charge on any atom is 0.225 e. The van der Waals surface area contributed by atoms with Crippen molar-refractivity contribution in [1.82, 2.24) is 20.5 Å². The Morgan fingerprint density at radius 2 is 2.22 bits per heavy atom. The zero-order valence-electron chi connectivity index (χ0n) is 15.9. The third-order valence-electron chi connectivity index (χ3n) is 5.02. The summed E-state index contributed by atoms with van der Waals surface area (Å²) in [5.41, 5.74) is 0. The molecule has 0 spiro atoms. The van der Waals surface area contributed by atoms with Gasteiger partial charge in [0.2, 0.25) is 5.91 Å². The maximum absolute atomic E-state index is 12.5. The molecule has 152 valence electrons. The summed E-state index contributed by atoms with van der Waals surface area (Å²) in [5, 5.41) is 8.86. The zero-order chi connectivity index (χ0) is 18.2. The van der Waals surface area contributed by atoms with E-state index in [1.807, 2.05) is 16.5 Å². The highest BCUT2D eigenvalue weighted by molar-refractivity contribution is 14.0. The van der Waals surface area contributed by atoms with E-state index in [0.29, 0.717) is 11.9 Å². The number of guanidine groups is 1. The fourth-order valence-corrected chi connectivity index (χ4v) is 5.26. The highest BCUT2D eigenvalue weighted by Crippen LogP contribution is 2.27. The van der Waals surface area contributed by atoms with Gasteiger partial charge in [-0.2, -0.15) is 0 Å². The second kappa shape index (κ2) is 12.1. The molecule has 2 aliphatic rings. The number of thioether (sulfide) groups is 1. The number of nitrogens with zero attached hydrogens (tertiary/aromatic N) is 3. The Morgan fingerprint density at radius 3 is 2.93 bits per heavy atom. The van der Waals surface area contributed by atoms with Gasteiger partial charge >= 0.3 is 0 Å². The second-order valence-corrected chi connectivity index (χ2v) is 9.13. The minimum Gasteiger partial charge on any atom is -0.356 e. The summed E-state index contributed by atoms with van der Waals surface area (Å²) >= 11 is 3.49. The summed E-state index contributed by atoms with van der Waals surface area (Å²) in [4.78, 5) is 23.2. The summed E-state index contributed by atoms with van der Waals surface area (Å²) in [6, 6.07) is 0.302. The summed E-state index contributed by atoms with van der Waals surface area (Å²) in [6.07, 6.45) is 8.48. The molecule has 1 unspecified atom stereocenters. The molecule has 1 atom stereocenters. The lowest BCUT2D eigenvalue weighted by Gasteiger charge is -2.21. The van der Waals surface area contributed by atoms with Crippen molar-refractivity contribution in [1.29, 1.82) is 0 Å². The summed E-state index contributed by atoms with van der Waals surface area (Å²) < 4.78 is 1.13. The molecule has 0 aromatic carbocycles. The predicted molar refractivity (Wildman–Crippen MR) is 124 cm³/mol. The van der Waals surface area contributed by atoms with Gasteiger partial charge in [-0.25, -0.2) is 4.98 Å². The molecule has 1 saturated heterocycles. The first-order chi connectivity index (χ1) is 12.8. The molecule has 2 N–H and O–H groups in total. The molecule has 1 aromatic rings. The maximum atomic E-state index is 12.5. The molecular weight excluding hydrogens is 493 g/mol. The van der Waals surface area contributed by atoms with Crippen molar-refractivity contribution < 1.29 is 4.79 Å². The molecule has 9 heteroatoms. The average molecular weight is 524 g/mol. The first-order valence-electron chi connectivity index (χ1n) is 9.54. The molecule has 2 fully saturated rings. The molecule has 0 radical (unpaired) electrons. The SMILES string of the molecule is CN=C(NCCCSc1nccs1)NC1CCN(C(=O)C2CCCC2)C1.I. The van der Waals surface area contributed by atoms with E-state index < -0.39 is 0 Å². The molecule has 27 heavy (non-hydrogen) atoms. The van der Waals surface area contributed by atoms with Crippen LogP contribution in [0.25, 0.3) is 0 Å². The van der Waals surface area contributed by atoms with Gasteiger partial charge in [0.25, 0.3) is 0 Å². The Kier molecular flexibility index (Phi) is 10.2. The van der Waals surface area contributed by atoms with Crippen LogP contribution < -0.4 is 10.6 Å². The third-order valence-corrected chi connectivity index (χ3v) is 7.07. The number of aromatic nitrogens is 1. The van der Waals surface area contributed by atoms with Crippen LogP contribution in [-0.2, 0) is 4.79 Å². The molecule has 1 amide bonds. The number of aliphatic imine (C=N–C) groups is 1. The number of carbonyl (C=O) groups excluding carboxylic acids is 1. The Hall–Kier alpha value is -0.550. The Morgan fingerprint density at radius 1 is 1.41 bits per heavy atom. The van der Waals surface area contributed by atoms with Gasteiger partial charge in [-0.05, 0) is 25.7 Å². The van der Waals surface area contributed by atoms with E-state index in [1.54, 1.807) is 30.1 Å². The van der Waals surface area contributed by atoms with Crippen LogP contribution in [0.1, 0.15) is 38.5 Å². The van der Waals surface area contributed by atoms with Crippen LogP contribution in [0.4, 0.5) is 0 Å². The standard InChI is InChI=1S/C18H29N5OS2.HI/c1-19-17(20-8-4-11-25-18-21-9-12-26-18)22-15-7-10-23(13-15)16(24)14-5-2-3-6-14;/h9,12,14-15H,2-8,10-11,13H2,1H3,(H2,19,20,22);1H. The summed E-state index contributed by atoms with van der Waals surface area (Å²) in [7, 11) is 1.80. The van der Waals surface area contributed by atoms with E-state index >= 15 is 0 Å². The molecule has 0 bridgehead atoms. The van der Waals surface area contributed by atoms with Gasteiger partial charge in [-0.3, -0.25) is 9.79 Å². The van der Waals surface area contributed by atoms with Gasteiger partial charge in [-0.15, -0.1) is 35.3 Å². The van der Waals surface area contributed by atoms with E-state index in [-0.39, 0.29) is 29.9 Å². The van der Waals surface area contributed by atoms with Crippen LogP contribution in [-0.4, -0.2) is 60.2 Å². The van der Waals surface area contributed by atoms with Gasteiger partial charge < -0.3 is 15.5 Å². The van der Waals surface area contributed by atoms with Gasteiger partial charge in [0, 0.05) is 56.0 Å². The number of nitrogens with one attached hydrogen (secondary N) is 2. The van der Waals surface area contributed by atoms with Gasteiger partial charge in [-0.1, -0.05) is 24.6 Å². The van der Waals surface area contributed by atoms with Crippen LogP contribution in [0, 0.1) is 5.92 Å². The summed E-state index contributed by atoms with van der Waals surface area (Å²) in [5.74, 6) is 2.53. The fourth-order valence-electron chi connectivity index (χ4n) is 3.62. The largest absolute Gasteiger partial charge is 0.356 e. The summed E-state index contributed by atoms with van der Waals surface area (Å²) in [6.45, 7) is 2.56. The van der Waals surface area contributed by atoms with E-state index in [4.69, 9.17) is 0 Å². The van der Waals surface area contributed by atoms with Crippen LogP contribution in [0.15, 0.2) is 20.9 Å². The molecule has 3 rings (SSSR count). The van der Waals surface area contributed by atoms with Crippen molar-refractivity contribution in [2.24, 2.45) is 10.9 Å². The Bertz CT molecular complexity index is 593. The van der Waals surface area contributed by atoms with E-state index in [9.17, 15) is 4.79 Å². The minimum absolute atomic E-state index is 0. The highest BCUT2D eigenvalue weighted by Gasteiger charge is 2.32. The quantitative estimate of drug-likeness (QED) is 0.189. The van der Waals surface area contributed by atoms with Crippen molar-refractivity contribution in [3.8, 4) is 0 Å². The van der Waals surface area contributed by atoms with Crippen molar-refractivity contribution in [3.05, 3.63) is 11.6 Å². The minimum atomic E-state index is 0. The Balaban J connectivity index is 0.00000261. The first-order valence-corrected chi connectivity index (χ1v) is 11.4. The number of hydrogen-bond acceptors (Lipinski definition) is 5. The number of hydrogen-bond donors (Lipinski definition) is 2. The van der Waals surface area contributed by atoms with Crippen LogP contribution >= 0.6 is 47.1 Å². The predicted octanol–water partition coefficient (Wildman–Crippen LogP) is 3.20. The fraction of sp³-hybridized carbons (Fsp3) is 0.722. The highest BCUT2D eigenvalue weighted by atomic mass is 127. The van der Waals surface area contributed by atoms with Gasteiger partial charge in [0.05, 0.1) is 0 Å². The lowest BCUT2D eigenvalue weighted by Crippen LogP contribution is -2.45. The monoisotopic (exact) mass is 523 g/mol. The molecule has 6 nitrogen and oxygen atoms in total. The number of amides is 1. The van der Waals surface area contributed by atoms with Crippen molar-refractivity contribution in [3.63, 3.8) is 0 Å². The van der Waals surface area contributed by atoms with E-state index in [0.717, 1.165) is 61.4 Å². The second-order valence-electron chi connectivity index (χ2n) is 6.89. The molecule has 1 aliphatic heterocycles. The van der Waals surface area contributed by atoms with Crippen molar-refractivity contribution in [2.45, 2.75) is 48.9 Å². The van der Waals surface area contributed by atoms with Crippen molar-refractivity contribution in [2.75, 3.05) is 32.4 Å².